The Morgan fingerprint density at radius 1 is 1.45 bits per heavy atom. The maximum atomic E-state index is 13.1. The fourth-order valence-electron chi connectivity index (χ4n) is 2.54. The van der Waals surface area contributed by atoms with Crippen LogP contribution in [-0.2, 0) is 10.0 Å². The second-order valence-corrected chi connectivity index (χ2v) is 7.16. The zero-order chi connectivity index (χ0) is 14.8. The van der Waals surface area contributed by atoms with E-state index in [1.807, 2.05) is 0 Å². The van der Waals surface area contributed by atoms with E-state index in [4.69, 9.17) is 11.6 Å². The lowest BCUT2D eigenvalue weighted by Crippen LogP contribution is -2.47. The lowest BCUT2D eigenvalue weighted by atomic mass is 10.1. The third kappa shape index (κ3) is 3.14. The van der Waals surface area contributed by atoms with Gasteiger partial charge in [-0.3, -0.25) is 0 Å². The number of nitrogens with zero attached hydrogens (tertiary/aromatic N) is 1. The Morgan fingerprint density at radius 2 is 2.20 bits per heavy atom. The maximum Gasteiger partial charge on any atom is 0.244 e. The Kier molecular flexibility index (Phi) is 5.01. The van der Waals surface area contributed by atoms with E-state index >= 15 is 0 Å². The Morgan fingerprint density at radius 3 is 2.85 bits per heavy atom. The summed E-state index contributed by atoms with van der Waals surface area (Å²) in [5.74, 6) is -0.542. The molecule has 1 N–H and O–H groups in total. The molecule has 0 aliphatic carbocycles. The van der Waals surface area contributed by atoms with Gasteiger partial charge in [-0.1, -0.05) is 18.0 Å². The second kappa shape index (κ2) is 6.39. The molecule has 1 aliphatic heterocycles. The van der Waals surface area contributed by atoms with Crippen molar-refractivity contribution in [2.45, 2.75) is 30.2 Å². The van der Waals surface area contributed by atoms with Gasteiger partial charge in [0.1, 0.15) is 10.7 Å². The van der Waals surface area contributed by atoms with Crippen molar-refractivity contribution >= 4 is 21.6 Å². The van der Waals surface area contributed by atoms with Crippen LogP contribution in [0.3, 0.4) is 0 Å². The van der Waals surface area contributed by atoms with Gasteiger partial charge in [-0.05, 0) is 38.1 Å². The number of rotatable bonds is 4. The summed E-state index contributed by atoms with van der Waals surface area (Å²) in [5.41, 5.74) is 0. The van der Waals surface area contributed by atoms with Crippen LogP contribution in [0.5, 0.6) is 0 Å². The number of piperidine rings is 1. The number of nitrogens with one attached hydrogen (secondary N) is 1. The van der Waals surface area contributed by atoms with Crippen LogP contribution < -0.4 is 5.32 Å². The summed E-state index contributed by atoms with van der Waals surface area (Å²) in [6.45, 7) is 1.07. The Hall–Kier alpha value is -0.690. The molecule has 7 heteroatoms. The molecule has 112 valence electrons. The molecule has 2 rings (SSSR count). The van der Waals surface area contributed by atoms with Crippen molar-refractivity contribution in [3.63, 3.8) is 0 Å². The molecule has 1 atom stereocenters. The molecule has 0 radical (unpaired) electrons. The minimum atomic E-state index is -3.69. The molecule has 1 saturated heterocycles. The van der Waals surface area contributed by atoms with Crippen molar-refractivity contribution in [2.75, 3.05) is 20.1 Å². The van der Waals surface area contributed by atoms with E-state index in [1.54, 1.807) is 7.05 Å². The largest absolute Gasteiger partial charge is 0.318 e. The van der Waals surface area contributed by atoms with Gasteiger partial charge in [-0.15, -0.1) is 0 Å². The van der Waals surface area contributed by atoms with Crippen molar-refractivity contribution in [1.29, 1.82) is 0 Å². The Balaban J connectivity index is 2.37. The van der Waals surface area contributed by atoms with Crippen LogP contribution in [0.15, 0.2) is 23.1 Å². The lowest BCUT2D eigenvalue weighted by molar-refractivity contribution is 0.249. The van der Waals surface area contributed by atoms with Gasteiger partial charge in [-0.25, -0.2) is 12.8 Å². The zero-order valence-electron chi connectivity index (χ0n) is 11.3. The molecular weight excluding hydrogens is 303 g/mol. The normalized spacial score (nSPS) is 21.1. The first kappa shape index (κ1) is 15.7. The smallest absolute Gasteiger partial charge is 0.244 e. The summed E-state index contributed by atoms with van der Waals surface area (Å²) < 4.78 is 39.9. The zero-order valence-corrected chi connectivity index (χ0v) is 12.8. The topological polar surface area (TPSA) is 49.4 Å². The number of halogens is 2. The van der Waals surface area contributed by atoms with Crippen LogP contribution in [0.1, 0.15) is 19.3 Å². The van der Waals surface area contributed by atoms with Gasteiger partial charge in [0.05, 0.1) is 5.02 Å². The lowest BCUT2D eigenvalue weighted by Gasteiger charge is -2.34. The minimum absolute atomic E-state index is 0.0245. The third-order valence-corrected chi connectivity index (χ3v) is 5.93. The van der Waals surface area contributed by atoms with E-state index in [0.29, 0.717) is 13.1 Å². The van der Waals surface area contributed by atoms with Gasteiger partial charge in [0.2, 0.25) is 10.0 Å². The predicted octanol–water partition coefficient (Wildman–Crippen LogP) is 2.24. The number of hydrogen-bond acceptors (Lipinski definition) is 3. The average molecular weight is 321 g/mol. The van der Waals surface area contributed by atoms with Crippen molar-refractivity contribution in [1.82, 2.24) is 9.62 Å². The molecule has 0 spiro atoms. The van der Waals surface area contributed by atoms with Crippen molar-refractivity contribution < 1.29 is 12.8 Å². The molecular formula is C13H18ClFN2O2S. The first-order valence-electron chi connectivity index (χ1n) is 6.58. The van der Waals surface area contributed by atoms with Gasteiger partial charge >= 0.3 is 0 Å². The third-order valence-electron chi connectivity index (χ3n) is 3.49. The van der Waals surface area contributed by atoms with E-state index < -0.39 is 15.8 Å². The van der Waals surface area contributed by atoms with E-state index in [2.05, 4.69) is 5.32 Å². The molecule has 0 bridgehead atoms. The van der Waals surface area contributed by atoms with Crippen molar-refractivity contribution in [2.24, 2.45) is 0 Å². The van der Waals surface area contributed by atoms with Gasteiger partial charge < -0.3 is 5.32 Å². The highest BCUT2D eigenvalue weighted by Crippen LogP contribution is 2.29. The van der Waals surface area contributed by atoms with Crippen molar-refractivity contribution in [3.8, 4) is 0 Å². The Bertz CT molecular complexity index is 578. The SMILES string of the molecule is CNCC1CCCCN1S(=O)(=O)c1ccc(F)cc1Cl. The standard InChI is InChI=1S/C13H18ClFN2O2S/c1-16-9-11-4-2-3-7-17(11)20(18,19)13-6-5-10(15)8-12(13)14/h5-6,8,11,16H,2-4,7,9H2,1H3. The van der Waals surface area contributed by atoms with Crippen LogP contribution in [0.4, 0.5) is 4.39 Å². The first-order chi connectivity index (χ1) is 9.46. The summed E-state index contributed by atoms with van der Waals surface area (Å²) >= 11 is 5.90. The molecule has 1 aliphatic rings. The molecule has 1 heterocycles. The van der Waals surface area contributed by atoms with Gasteiger partial charge in [0.15, 0.2) is 0 Å². The summed E-state index contributed by atoms with van der Waals surface area (Å²) in [6, 6.07) is 3.30. The summed E-state index contributed by atoms with van der Waals surface area (Å²) in [5, 5.41) is 2.95. The van der Waals surface area contributed by atoms with E-state index in [0.717, 1.165) is 31.4 Å². The molecule has 20 heavy (non-hydrogen) atoms. The summed E-state index contributed by atoms with van der Waals surface area (Å²) in [4.78, 5) is -0.0245. The highest BCUT2D eigenvalue weighted by Gasteiger charge is 2.34. The first-order valence-corrected chi connectivity index (χ1v) is 8.40. The average Bonchev–Trinajstić information content (AvgIpc) is 2.39. The Labute approximate surface area is 124 Å². The number of sulfonamides is 1. The molecule has 0 aromatic heterocycles. The number of likely N-dealkylation sites (N-methyl/N-ethyl adjacent to an activating group) is 1. The second-order valence-electron chi connectivity index (χ2n) is 4.90. The predicted molar refractivity (Wildman–Crippen MR) is 76.9 cm³/mol. The summed E-state index contributed by atoms with van der Waals surface area (Å²) in [7, 11) is -1.89. The van der Waals surface area contributed by atoms with E-state index in [9.17, 15) is 12.8 Å². The molecule has 0 saturated carbocycles. The van der Waals surface area contributed by atoms with Crippen LogP contribution >= 0.6 is 11.6 Å². The highest BCUT2D eigenvalue weighted by atomic mass is 35.5. The quantitative estimate of drug-likeness (QED) is 0.925. The maximum absolute atomic E-state index is 13.1. The fraction of sp³-hybridized carbons (Fsp3) is 0.538. The van der Waals surface area contributed by atoms with Gasteiger partial charge in [-0.2, -0.15) is 4.31 Å². The van der Waals surface area contributed by atoms with E-state index in [-0.39, 0.29) is 16.0 Å². The van der Waals surface area contributed by atoms with Crippen LogP contribution in [0.25, 0.3) is 0 Å². The number of hydrogen-bond donors (Lipinski definition) is 1. The molecule has 1 fully saturated rings. The van der Waals surface area contributed by atoms with Gasteiger partial charge in [0, 0.05) is 19.1 Å². The molecule has 4 nitrogen and oxygen atoms in total. The highest BCUT2D eigenvalue weighted by molar-refractivity contribution is 7.89. The van der Waals surface area contributed by atoms with E-state index in [1.165, 1.54) is 10.4 Å². The molecule has 1 aromatic rings. The van der Waals surface area contributed by atoms with Gasteiger partial charge in [0.25, 0.3) is 0 Å². The summed E-state index contributed by atoms with van der Waals surface area (Å²) in [6.07, 6.45) is 2.66. The monoisotopic (exact) mass is 320 g/mol. The number of benzene rings is 1. The van der Waals surface area contributed by atoms with Crippen LogP contribution in [-0.4, -0.2) is 38.9 Å². The minimum Gasteiger partial charge on any atom is -0.318 e. The fourth-order valence-corrected chi connectivity index (χ4v) is 4.74. The van der Waals surface area contributed by atoms with Crippen molar-refractivity contribution in [3.05, 3.63) is 29.0 Å². The molecule has 1 unspecified atom stereocenters. The van der Waals surface area contributed by atoms with Crippen LogP contribution in [0, 0.1) is 5.82 Å². The van der Waals surface area contributed by atoms with Crippen LogP contribution in [0.2, 0.25) is 5.02 Å². The molecule has 0 amide bonds. The molecule has 1 aromatic carbocycles.